The summed E-state index contributed by atoms with van der Waals surface area (Å²) < 4.78 is 14.3. The number of aliphatic hydroxyl groups is 1. The van der Waals surface area contributed by atoms with Gasteiger partial charge < -0.3 is 20.7 Å². The number of halogens is 2. The second kappa shape index (κ2) is 7.35. The number of benzene rings is 1. The first-order valence-electron chi connectivity index (χ1n) is 9.49. The zero-order chi connectivity index (χ0) is 20.8. The Labute approximate surface area is 176 Å². The average Bonchev–Trinajstić information content (AvgIpc) is 3.09. The standard InChI is InChI=1S/C20H19ClFN7O/c1-10-24-15(7-16(25-10)29-8-11(30)9-29)27-20-18-14(5-6-23-20)26-19(28-18)17-12(21)3-2-4-13(17)22/h2-7,11,16,30H,8-9H2,1H3,(H,23,27)(H,24,25)(H,26,28). The summed E-state index contributed by atoms with van der Waals surface area (Å²) in [4.78, 5) is 18.7. The number of likely N-dealkylation sites (tertiary alicyclic amines) is 1. The van der Waals surface area contributed by atoms with E-state index in [1.807, 2.05) is 13.0 Å². The maximum Gasteiger partial charge on any atom is 0.159 e. The summed E-state index contributed by atoms with van der Waals surface area (Å²) in [6.45, 7) is 3.05. The SMILES string of the molecule is CC1=NC(N2CC(O)C2)C=C(Nc2nccc3[nH]c(-c4c(F)cccc4Cl)nc23)N1. The molecule has 2 aliphatic heterocycles. The van der Waals surface area contributed by atoms with Crippen molar-refractivity contribution in [2.24, 2.45) is 4.99 Å². The predicted molar refractivity (Wildman–Crippen MR) is 114 cm³/mol. The van der Waals surface area contributed by atoms with Gasteiger partial charge in [-0.3, -0.25) is 4.90 Å². The average molecular weight is 428 g/mol. The molecule has 30 heavy (non-hydrogen) atoms. The Kier molecular flexibility index (Phi) is 4.65. The molecule has 0 amide bonds. The Morgan fingerprint density at radius 3 is 2.90 bits per heavy atom. The number of β-amino-alcohol motifs (C(OH)–C–C–N with tert-alkyl or cyclic N) is 1. The Morgan fingerprint density at radius 1 is 1.30 bits per heavy atom. The minimum Gasteiger partial charge on any atom is -0.390 e. The van der Waals surface area contributed by atoms with Crippen LogP contribution < -0.4 is 10.6 Å². The minimum atomic E-state index is -0.452. The molecule has 1 fully saturated rings. The first-order valence-corrected chi connectivity index (χ1v) is 9.87. The fraction of sp³-hybridized carbons (Fsp3) is 0.250. The molecule has 1 atom stereocenters. The van der Waals surface area contributed by atoms with Gasteiger partial charge in [-0.15, -0.1) is 0 Å². The molecule has 0 aliphatic carbocycles. The fourth-order valence-electron chi connectivity index (χ4n) is 3.61. The van der Waals surface area contributed by atoms with Gasteiger partial charge in [0, 0.05) is 19.3 Å². The predicted octanol–water partition coefficient (Wildman–Crippen LogP) is 2.69. The molecular weight excluding hydrogens is 409 g/mol. The van der Waals surface area contributed by atoms with E-state index in [1.54, 1.807) is 24.4 Å². The van der Waals surface area contributed by atoms with Crippen molar-refractivity contribution in [3.05, 3.63) is 53.2 Å². The van der Waals surface area contributed by atoms with E-state index in [0.717, 1.165) is 5.84 Å². The molecule has 4 heterocycles. The van der Waals surface area contributed by atoms with Gasteiger partial charge in [-0.1, -0.05) is 17.7 Å². The number of aromatic nitrogens is 3. The highest BCUT2D eigenvalue weighted by Gasteiger charge is 2.31. The maximum atomic E-state index is 14.3. The molecule has 10 heteroatoms. The second-order valence-electron chi connectivity index (χ2n) is 7.30. The van der Waals surface area contributed by atoms with Crippen LogP contribution in [0, 0.1) is 5.82 Å². The van der Waals surface area contributed by atoms with Crippen molar-refractivity contribution in [1.29, 1.82) is 0 Å². The van der Waals surface area contributed by atoms with E-state index >= 15 is 0 Å². The van der Waals surface area contributed by atoms with Crippen molar-refractivity contribution in [3.63, 3.8) is 0 Å². The van der Waals surface area contributed by atoms with E-state index in [4.69, 9.17) is 11.6 Å². The molecule has 154 valence electrons. The van der Waals surface area contributed by atoms with Gasteiger partial charge in [-0.25, -0.2) is 19.4 Å². The zero-order valence-electron chi connectivity index (χ0n) is 16.0. The molecule has 1 aromatic carbocycles. The van der Waals surface area contributed by atoms with E-state index in [-0.39, 0.29) is 22.9 Å². The number of hydrogen-bond donors (Lipinski definition) is 4. The molecule has 0 bridgehead atoms. The Morgan fingerprint density at radius 2 is 2.13 bits per heavy atom. The van der Waals surface area contributed by atoms with Crippen LogP contribution in [0.1, 0.15) is 6.92 Å². The molecule has 5 rings (SSSR count). The highest BCUT2D eigenvalue weighted by atomic mass is 35.5. The van der Waals surface area contributed by atoms with E-state index in [1.165, 1.54) is 6.07 Å². The van der Waals surface area contributed by atoms with Gasteiger partial charge in [-0.2, -0.15) is 0 Å². The number of imidazole rings is 1. The third-order valence-corrected chi connectivity index (χ3v) is 5.39. The lowest BCUT2D eigenvalue weighted by Crippen LogP contribution is -2.55. The molecule has 0 spiro atoms. The van der Waals surface area contributed by atoms with Crippen LogP contribution in [0.3, 0.4) is 0 Å². The van der Waals surface area contributed by atoms with Crippen LogP contribution in [-0.4, -0.2) is 56.2 Å². The molecule has 4 N–H and O–H groups in total. The highest BCUT2D eigenvalue weighted by molar-refractivity contribution is 6.33. The van der Waals surface area contributed by atoms with Gasteiger partial charge in [0.15, 0.2) is 5.82 Å². The van der Waals surface area contributed by atoms with Gasteiger partial charge in [-0.05, 0) is 31.2 Å². The minimum absolute atomic E-state index is 0.164. The molecule has 1 unspecified atom stereocenters. The number of aliphatic hydroxyl groups excluding tert-OH is 1. The molecule has 0 radical (unpaired) electrons. The van der Waals surface area contributed by atoms with E-state index in [9.17, 15) is 9.50 Å². The van der Waals surface area contributed by atoms with Crippen LogP contribution in [0.4, 0.5) is 10.2 Å². The van der Waals surface area contributed by atoms with Crippen molar-refractivity contribution < 1.29 is 9.50 Å². The quantitative estimate of drug-likeness (QED) is 0.510. The van der Waals surface area contributed by atoms with Crippen LogP contribution in [0.2, 0.25) is 5.02 Å². The van der Waals surface area contributed by atoms with E-state index in [0.29, 0.717) is 41.6 Å². The van der Waals surface area contributed by atoms with Crippen LogP contribution in [0.5, 0.6) is 0 Å². The van der Waals surface area contributed by atoms with Crippen LogP contribution in [0.15, 0.2) is 47.4 Å². The number of aliphatic imine (C=N–C) groups is 1. The van der Waals surface area contributed by atoms with Gasteiger partial charge in [0.2, 0.25) is 0 Å². The van der Waals surface area contributed by atoms with Crippen molar-refractivity contribution >= 4 is 34.3 Å². The number of rotatable bonds is 4. The molecule has 2 aromatic heterocycles. The summed E-state index contributed by atoms with van der Waals surface area (Å²) in [6.07, 6.45) is 3.11. The van der Waals surface area contributed by atoms with Gasteiger partial charge in [0.05, 0.1) is 22.2 Å². The molecule has 3 aromatic rings. The topological polar surface area (TPSA) is 101 Å². The summed E-state index contributed by atoms with van der Waals surface area (Å²) in [5.74, 6) is 1.85. The smallest absolute Gasteiger partial charge is 0.159 e. The molecule has 8 nitrogen and oxygen atoms in total. The first-order chi connectivity index (χ1) is 14.5. The van der Waals surface area contributed by atoms with Crippen molar-refractivity contribution in [2.75, 3.05) is 18.4 Å². The Balaban J connectivity index is 1.47. The fourth-order valence-corrected chi connectivity index (χ4v) is 3.87. The number of nitrogens with one attached hydrogen (secondary N) is 3. The second-order valence-corrected chi connectivity index (χ2v) is 7.71. The highest BCUT2D eigenvalue weighted by Crippen LogP contribution is 2.31. The maximum absolute atomic E-state index is 14.3. The summed E-state index contributed by atoms with van der Waals surface area (Å²) >= 11 is 6.19. The third kappa shape index (κ3) is 3.41. The summed E-state index contributed by atoms with van der Waals surface area (Å²) in [5.41, 5.74) is 1.48. The number of hydrogen-bond acceptors (Lipinski definition) is 7. The number of anilines is 1. The molecule has 1 saturated heterocycles. The number of aromatic amines is 1. The lowest BCUT2D eigenvalue weighted by molar-refractivity contribution is -0.0124. The summed E-state index contributed by atoms with van der Waals surface area (Å²) in [7, 11) is 0. The number of H-pyrrole nitrogens is 1. The molecule has 2 aliphatic rings. The van der Waals surface area contributed by atoms with E-state index in [2.05, 4.69) is 35.5 Å². The van der Waals surface area contributed by atoms with Crippen molar-refractivity contribution in [1.82, 2.24) is 25.2 Å². The summed E-state index contributed by atoms with van der Waals surface area (Å²) in [5, 5.41) is 16.3. The lowest BCUT2D eigenvalue weighted by Gasteiger charge is -2.40. The van der Waals surface area contributed by atoms with E-state index < -0.39 is 5.82 Å². The molecular formula is C20H19ClFN7O. The Bertz CT molecular complexity index is 1160. The van der Waals surface area contributed by atoms with Crippen LogP contribution >= 0.6 is 11.6 Å². The van der Waals surface area contributed by atoms with Gasteiger partial charge >= 0.3 is 0 Å². The van der Waals surface area contributed by atoms with Crippen LogP contribution in [-0.2, 0) is 0 Å². The number of pyridine rings is 1. The van der Waals surface area contributed by atoms with Crippen molar-refractivity contribution in [2.45, 2.75) is 19.2 Å². The van der Waals surface area contributed by atoms with Crippen LogP contribution in [0.25, 0.3) is 22.4 Å². The van der Waals surface area contributed by atoms with Gasteiger partial charge in [0.25, 0.3) is 0 Å². The summed E-state index contributed by atoms with van der Waals surface area (Å²) in [6, 6.07) is 6.29. The molecule has 0 saturated carbocycles. The number of fused-ring (bicyclic) bond motifs is 1. The van der Waals surface area contributed by atoms with Crippen molar-refractivity contribution in [3.8, 4) is 11.4 Å². The first kappa shape index (κ1) is 19.0. The monoisotopic (exact) mass is 427 g/mol. The Hall–Kier alpha value is -3.01. The van der Waals surface area contributed by atoms with Gasteiger partial charge in [0.1, 0.15) is 35.0 Å². The third-order valence-electron chi connectivity index (χ3n) is 5.08. The number of amidine groups is 1. The normalized spacial score (nSPS) is 19.8. The lowest BCUT2D eigenvalue weighted by atomic mass is 10.1. The zero-order valence-corrected chi connectivity index (χ0v) is 16.8. The number of nitrogens with zero attached hydrogens (tertiary/aromatic N) is 4. The largest absolute Gasteiger partial charge is 0.390 e.